The number of para-hydroxylation sites is 1. The topological polar surface area (TPSA) is 55.3 Å². The molecule has 3 heterocycles. The number of hydrogen-bond donors (Lipinski definition) is 0. The van der Waals surface area contributed by atoms with Crippen LogP contribution in [0.2, 0.25) is 0 Å². The summed E-state index contributed by atoms with van der Waals surface area (Å²) < 4.78 is 20.2. The number of benzene rings is 2. The van der Waals surface area contributed by atoms with Crippen LogP contribution in [0.3, 0.4) is 0 Å². The predicted octanol–water partition coefficient (Wildman–Crippen LogP) is 4.88. The van der Waals surface area contributed by atoms with Gasteiger partial charge >= 0.3 is 0 Å². The molecule has 0 radical (unpaired) electrons. The highest BCUT2D eigenvalue weighted by molar-refractivity contribution is 6.05. The highest BCUT2D eigenvalue weighted by Gasteiger charge is 2.28. The maximum atomic E-state index is 14.2. The van der Waals surface area contributed by atoms with Crippen molar-refractivity contribution in [3.63, 3.8) is 0 Å². The van der Waals surface area contributed by atoms with Gasteiger partial charge in [0.1, 0.15) is 11.9 Å². The lowest BCUT2D eigenvalue weighted by Gasteiger charge is -2.33. The average molecular weight is 442 g/mol. The number of carbonyl (C=O) groups is 1. The van der Waals surface area contributed by atoms with Gasteiger partial charge in [-0.2, -0.15) is 0 Å². The average Bonchev–Trinajstić information content (AvgIpc) is 2.84. The monoisotopic (exact) mass is 441 g/mol. The summed E-state index contributed by atoms with van der Waals surface area (Å²) in [6, 6.07) is 20.2. The van der Waals surface area contributed by atoms with Crippen LogP contribution in [-0.2, 0) is 11.2 Å². The van der Waals surface area contributed by atoms with Crippen LogP contribution in [0.25, 0.3) is 10.9 Å². The van der Waals surface area contributed by atoms with Crippen molar-refractivity contribution in [3.8, 4) is 0 Å². The van der Waals surface area contributed by atoms with Gasteiger partial charge in [0.05, 0.1) is 29.9 Å². The Kier molecular flexibility index (Phi) is 5.84. The molecule has 4 aromatic rings. The number of amides is 1. The minimum Gasteiger partial charge on any atom is -0.368 e. The summed E-state index contributed by atoms with van der Waals surface area (Å²) in [6.45, 7) is 3.25. The maximum absolute atomic E-state index is 14.2. The Morgan fingerprint density at radius 2 is 1.97 bits per heavy atom. The molecule has 0 unspecified atom stereocenters. The van der Waals surface area contributed by atoms with E-state index < -0.39 is 0 Å². The normalized spacial score (nSPS) is 16.2. The molecule has 1 saturated heterocycles. The summed E-state index contributed by atoms with van der Waals surface area (Å²) in [5.74, 6) is -0.283. The molecule has 0 aliphatic carbocycles. The number of carbonyl (C=O) groups excluding carboxylic acids is 1. The van der Waals surface area contributed by atoms with Crippen LogP contribution in [0.4, 0.5) is 4.39 Å². The lowest BCUT2D eigenvalue weighted by atomic mass is 10.0. The fourth-order valence-electron chi connectivity index (χ4n) is 4.36. The van der Waals surface area contributed by atoms with Crippen LogP contribution in [0.1, 0.15) is 39.0 Å². The number of ether oxygens (including phenoxy) is 1. The van der Waals surface area contributed by atoms with Gasteiger partial charge < -0.3 is 9.64 Å². The van der Waals surface area contributed by atoms with E-state index in [1.165, 1.54) is 6.07 Å². The van der Waals surface area contributed by atoms with E-state index in [-0.39, 0.29) is 17.8 Å². The van der Waals surface area contributed by atoms with E-state index in [1.807, 2.05) is 55.5 Å². The fraction of sp³-hybridized carbons (Fsp3) is 0.222. The molecule has 5 rings (SSSR count). The Labute approximate surface area is 191 Å². The molecule has 1 fully saturated rings. The van der Waals surface area contributed by atoms with Crippen molar-refractivity contribution >= 4 is 16.8 Å². The zero-order valence-corrected chi connectivity index (χ0v) is 18.4. The number of aryl methyl sites for hydroxylation is 1. The van der Waals surface area contributed by atoms with Crippen molar-refractivity contribution in [2.24, 2.45) is 0 Å². The number of rotatable bonds is 4. The Morgan fingerprint density at radius 3 is 2.85 bits per heavy atom. The van der Waals surface area contributed by atoms with Gasteiger partial charge in [-0.05, 0) is 48.4 Å². The number of hydrogen-bond acceptors (Lipinski definition) is 4. The molecular weight excluding hydrogens is 417 g/mol. The molecular formula is C27H24FN3O2. The van der Waals surface area contributed by atoms with Crippen molar-refractivity contribution in [2.45, 2.75) is 19.4 Å². The molecule has 0 saturated carbocycles. The zero-order valence-electron chi connectivity index (χ0n) is 18.4. The molecule has 5 nitrogen and oxygen atoms in total. The summed E-state index contributed by atoms with van der Waals surface area (Å²) in [4.78, 5) is 24.3. The van der Waals surface area contributed by atoms with Gasteiger partial charge in [0.2, 0.25) is 0 Å². The van der Waals surface area contributed by atoms with Crippen LogP contribution >= 0.6 is 0 Å². The lowest BCUT2D eigenvalue weighted by molar-refractivity contribution is -0.0247. The van der Waals surface area contributed by atoms with Gasteiger partial charge in [-0.1, -0.05) is 36.4 Å². The van der Waals surface area contributed by atoms with Crippen molar-refractivity contribution in [1.82, 2.24) is 14.9 Å². The highest BCUT2D eigenvalue weighted by Crippen LogP contribution is 2.26. The van der Waals surface area contributed by atoms with Crippen molar-refractivity contribution < 1.29 is 13.9 Å². The minimum absolute atomic E-state index is 0.0631. The summed E-state index contributed by atoms with van der Waals surface area (Å²) in [6.07, 6.45) is 1.83. The fourth-order valence-corrected chi connectivity index (χ4v) is 4.36. The molecule has 1 aliphatic heterocycles. The highest BCUT2D eigenvalue weighted by atomic mass is 19.1. The van der Waals surface area contributed by atoms with E-state index in [1.54, 1.807) is 23.2 Å². The predicted molar refractivity (Wildman–Crippen MR) is 125 cm³/mol. The lowest BCUT2D eigenvalue weighted by Crippen LogP contribution is -2.42. The third-order valence-electron chi connectivity index (χ3n) is 5.93. The van der Waals surface area contributed by atoms with Crippen LogP contribution in [0.5, 0.6) is 0 Å². The summed E-state index contributed by atoms with van der Waals surface area (Å²) >= 11 is 0. The molecule has 0 bridgehead atoms. The van der Waals surface area contributed by atoms with E-state index in [0.717, 1.165) is 22.3 Å². The largest absolute Gasteiger partial charge is 0.368 e. The number of halogens is 1. The first-order chi connectivity index (χ1) is 16.1. The van der Waals surface area contributed by atoms with E-state index in [2.05, 4.69) is 9.97 Å². The minimum atomic E-state index is -0.343. The Hall–Kier alpha value is -3.64. The Bertz CT molecular complexity index is 1320. The number of fused-ring (bicyclic) bond motifs is 1. The quantitative estimate of drug-likeness (QED) is 0.453. The number of nitrogens with zero attached hydrogens (tertiary/aromatic N) is 3. The molecule has 33 heavy (non-hydrogen) atoms. The van der Waals surface area contributed by atoms with Gasteiger partial charge in [-0.3, -0.25) is 14.8 Å². The Morgan fingerprint density at radius 1 is 1.12 bits per heavy atom. The second-order valence-electron chi connectivity index (χ2n) is 8.30. The first-order valence-electron chi connectivity index (χ1n) is 11.0. The van der Waals surface area contributed by atoms with E-state index in [9.17, 15) is 9.18 Å². The second kappa shape index (κ2) is 9.08. The summed E-state index contributed by atoms with van der Waals surface area (Å²) in [5.41, 5.74) is 4.49. The van der Waals surface area contributed by atoms with Crippen molar-refractivity contribution in [1.29, 1.82) is 0 Å². The van der Waals surface area contributed by atoms with Gasteiger partial charge in [0.15, 0.2) is 0 Å². The van der Waals surface area contributed by atoms with Crippen molar-refractivity contribution in [2.75, 3.05) is 19.7 Å². The molecule has 0 spiro atoms. The van der Waals surface area contributed by atoms with Gasteiger partial charge in [-0.25, -0.2) is 4.39 Å². The van der Waals surface area contributed by atoms with Gasteiger partial charge in [0, 0.05) is 30.2 Å². The molecule has 1 aliphatic rings. The number of pyridine rings is 2. The third kappa shape index (κ3) is 4.47. The molecule has 166 valence electrons. The zero-order chi connectivity index (χ0) is 22.8. The smallest absolute Gasteiger partial charge is 0.256 e. The van der Waals surface area contributed by atoms with Crippen molar-refractivity contribution in [3.05, 3.63) is 107 Å². The standard InChI is InChI=1S/C27H24FN3O2/c1-18-14-19(15-21-6-2-3-10-23(21)28)16-24(30-18)25-17-31(12-13-33-25)27(32)22-9-4-7-20-8-5-11-29-26(20)22/h2-11,14,16,25H,12-13,15,17H2,1H3/t25-/m1/s1. The first-order valence-corrected chi connectivity index (χ1v) is 11.0. The SMILES string of the molecule is Cc1cc(Cc2ccccc2F)cc([C@H]2CN(C(=O)c3cccc4cccnc34)CCO2)n1. The van der Waals surface area contributed by atoms with E-state index in [0.29, 0.717) is 42.8 Å². The third-order valence-corrected chi connectivity index (χ3v) is 5.93. The first kappa shape index (κ1) is 21.2. The van der Waals surface area contributed by atoms with Gasteiger partial charge in [-0.15, -0.1) is 0 Å². The van der Waals surface area contributed by atoms with Crippen LogP contribution < -0.4 is 0 Å². The van der Waals surface area contributed by atoms with Crippen LogP contribution in [-0.4, -0.2) is 40.5 Å². The molecule has 2 aromatic carbocycles. The van der Waals surface area contributed by atoms with E-state index in [4.69, 9.17) is 4.74 Å². The molecule has 6 heteroatoms. The van der Waals surface area contributed by atoms with Crippen LogP contribution in [0, 0.1) is 12.7 Å². The summed E-state index contributed by atoms with van der Waals surface area (Å²) in [7, 11) is 0. The molecule has 0 N–H and O–H groups in total. The molecule has 2 aromatic heterocycles. The number of aromatic nitrogens is 2. The van der Waals surface area contributed by atoms with Gasteiger partial charge in [0.25, 0.3) is 5.91 Å². The van der Waals surface area contributed by atoms with E-state index >= 15 is 0 Å². The summed E-state index contributed by atoms with van der Waals surface area (Å²) in [5, 5.41) is 0.936. The second-order valence-corrected chi connectivity index (χ2v) is 8.30. The maximum Gasteiger partial charge on any atom is 0.256 e. The Balaban J connectivity index is 1.39. The van der Waals surface area contributed by atoms with Crippen LogP contribution in [0.15, 0.2) is 72.9 Å². The molecule has 1 atom stereocenters. The molecule has 1 amide bonds. The number of morpholine rings is 1.